The number of benzene rings is 1. The molecule has 0 atom stereocenters. The molecule has 0 spiro atoms. The van der Waals surface area contributed by atoms with Crippen LogP contribution in [0.1, 0.15) is 11.3 Å². The predicted octanol–water partition coefficient (Wildman–Crippen LogP) is 3.48. The Morgan fingerprint density at radius 3 is 2.87 bits per heavy atom. The van der Waals surface area contributed by atoms with Crippen LogP contribution in [0.15, 0.2) is 29.6 Å². The van der Waals surface area contributed by atoms with Crippen LogP contribution in [-0.2, 0) is 16.2 Å². The molecule has 2 rings (SSSR count). The number of rotatable bonds is 8. The molecule has 0 aliphatic carbocycles. The molecule has 0 saturated heterocycles. The molecule has 8 heteroatoms. The van der Waals surface area contributed by atoms with Gasteiger partial charge in [-0.15, -0.1) is 11.3 Å². The maximum Gasteiger partial charge on any atom is 0.321 e. The highest BCUT2D eigenvalue weighted by atomic mass is 32.2. The summed E-state index contributed by atoms with van der Waals surface area (Å²) in [5.74, 6) is 1.30. The Kier molecular flexibility index (Phi) is 7.31. The molecular formula is C15H18FN3O2S2. The SMILES string of the molecule is COCCNC(=O)Nc1nc(CSCc2ccc(F)cc2)cs1. The number of hydrogen-bond acceptors (Lipinski definition) is 5. The number of thioether (sulfide) groups is 1. The fraction of sp³-hybridized carbons (Fsp3) is 0.333. The molecule has 5 nitrogen and oxygen atoms in total. The van der Waals surface area contributed by atoms with E-state index < -0.39 is 0 Å². The van der Waals surface area contributed by atoms with Gasteiger partial charge in [0.15, 0.2) is 5.13 Å². The van der Waals surface area contributed by atoms with Gasteiger partial charge in [0.1, 0.15) is 5.82 Å². The molecule has 0 radical (unpaired) electrons. The highest BCUT2D eigenvalue weighted by Crippen LogP contribution is 2.22. The molecule has 0 aliphatic rings. The van der Waals surface area contributed by atoms with Gasteiger partial charge < -0.3 is 10.1 Å². The molecule has 0 bridgehead atoms. The van der Waals surface area contributed by atoms with Crippen LogP contribution < -0.4 is 10.6 Å². The van der Waals surface area contributed by atoms with E-state index in [-0.39, 0.29) is 11.8 Å². The van der Waals surface area contributed by atoms with Crippen molar-refractivity contribution in [1.82, 2.24) is 10.3 Å². The second-order valence-corrected chi connectivity index (χ2v) is 6.48. The summed E-state index contributed by atoms with van der Waals surface area (Å²) < 4.78 is 17.7. The van der Waals surface area contributed by atoms with E-state index in [2.05, 4.69) is 15.6 Å². The lowest BCUT2D eigenvalue weighted by molar-refractivity contribution is 0.198. The third kappa shape index (κ3) is 6.55. The van der Waals surface area contributed by atoms with Crippen LogP contribution in [0.3, 0.4) is 0 Å². The first kappa shape index (κ1) is 17.7. The summed E-state index contributed by atoms with van der Waals surface area (Å²) in [7, 11) is 1.58. The number of thiazole rings is 1. The number of ether oxygens (including phenoxy) is 1. The Labute approximate surface area is 142 Å². The van der Waals surface area contributed by atoms with Gasteiger partial charge in [-0.05, 0) is 17.7 Å². The summed E-state index contributed by atoms with van der Waals surface area (Å²) in [6.45, 7) is 0.921. The minimum atomic E-state index is -0.290. The van der Waals surface area contributed by atoms with E-state index in [1.807, 2.05) is 5.38 Å². The van der Waals surface area contributed by atoms with Crippen LogP contribution in [0.4, 0.5) is 14.3 Å². The van der Waals surface area contributed by atoms with Gasteiger partial charge in [0.2, 0.25) is 0 Å². The van der Waals surface area contributed by atoms with Gasteiger partial charge in [-0.1, -0.05) is 12.1 Å². The lowest BCUT2D eigenvalue weighted by Gasteiger charge is -2.04. The Balaban J connectivity index is 1.71. The van der Waals surface area contributed by atoms with Gasteiger partial charge >= 0.3 is 6.03 Å². The highest BCUT2D eigenvalue weighted by molar-refractivity contribution is 7.97. The molecule has 1 aromatic heterocycles. The van der Waals surface area contributed by atoms with E-state index in [1.54, 1.807) is 31.0 Å². The van der Waals surface area contributed by atoms with Gasteiger partial charge in [-0.3, -0.25) is 5.32 Å². The van der Waals surface area contributed by atoms with Crippen molar-refractivity contribution in [1.29, 1.82) is 0 Å². The summed E-state index contributed by atoms with van der Waals surface area (Å²) in [5.41, 5.74) is 1.98. The topological polar surface area (TPSA) is 63.2 Å². The van der Waals surface area contributed by atoms with Gasteiger partial charge in [-0.25, -0.2) is 14.2 Å². The van der Waals surface area contributed by atoms with E-state index in [0.29, 0.717) is 18.3 Å². The minimum absolute atomic E-state index is 0.224. The number of aromatic nitrogens is 1. The first-order chi connectivity index (χ1) is 11.2. The van der Waals surface area contributed by atoms with E-state index >= 15 is 0 Å². The van der Waals surface area contributed by atoms with Crippen LogP contribution >= 0.6 is 23.1 Å². The van der Waals surface area contributed by atoms with Crippen molar-refractivity contribution in [2.45, 2.75) is 11.5 Å². The standard InChI is InChI=1S/C15H18FN3O2S2/c1-21-7-6-17-14(20)19-15-18-13(10-23-15)9-22-8-11-2-4-12(16)5-3-11/h2-5,10H,6-9H2,1H3,(H2,17,18,19,20). The second-order valence-electron chi connectivity index (χ2n) is 4.64. The number of anilines is 1. The lowest BCUT2D eigenvalue weighted by atomic mass is 10.2. The van der Waals surface area contributed by atoms with Gasteiger partial charge in [0.25, 0.3) is 0 Å². The van der Waals surface area contributed by atoms with Crippen molar-refractivity contribution in [3.8, 4) is 0 Å². The van der Waals surface area contributed by atoms with Crippen LogP contribution in [0.5, 0.6) is 0 Å². The molecule has 0 saturated carbocycles. The number of methoxy groups -OCH3 is 1. The number of amides is 2. The fourth-order valence-corrected chi connectivity index (χ4v) is 3.39. The largest absolute Gasteiger partial charge is 0.383 e. The van der Waals surface area contributed by atoms with E-state index in [0.717, 1.165) is 22.8 Å². The number of carbonyl (C=O) groups excluding carboxylic acids is 1. The van der Waals surface area contributed by atoms with Crippen molar-refractivity contribution in [2.75, 3.05) is 25.6 Å². The Morgan fingerprint density at radius 2 is 2.13 bits per heavy atom. The van der Waals surface area contributed by atoms with Crippen molar-refractivity contribution >= 4 is 34.3 Å². The van der Waals surface area contributed by atoms with Crippen molar-refractivity contribution in [3.05, 3.63) is 46.7 Å². The molecule has 0 fully saturated rings. The first-order valence-electron chi connectivity index (χ1n) is 6.98. The van der Waals surface area contributed by atoms with Gasteiger partial charge in [0, 0.05) is 30.5 Å². The third-order valence-corrected chi connectivity index (χ3v) is 4.64. The van der Waals surface area contributed by atoms with Crippen LogP contribution in [-0.4, -0.2) is 31.3 Å². The average molecular weight is 355 g/mol. The summed E-state index contributed by atoms with van der Waals surface area (Å²) in [6.07, 6.45) is 0. The smallest absolute Gasteiger partial charge is 0.321 e. The average Bonchev–Trinajstić information content (AvgIpc) is 2.97. The van der Waals surface area contributed by atoms with Crippen LogP contribution in [0.2, 0.25) is 0 Å². The Bertz CT molecular complexity index is 619. The van der Waals surface area contributed by atoms with Crippen molar-refractivity contribution in [2.24, 2.45) is 0 Å². The van der Waals surface area contributed by atoms with Crippen LogP contribution in [0, 0.1) is 5.82 Å². The van der Waals surface area contributed by atoms with Gasteiger partial charge in [-0.2, -0.15) is 11.8 Å². The normalized spacial score (nSPS) is 10.5. The molecule has 0 unspecified atom stereocenters. The fourth-order valence-electron chi connectivity index (χ4n) is 1.69. The molecule has 2 aromatic rings. The number of nitrogens with zero attached hydrogens (tertiary/aromatic N) is 1. The molecule has 1 heterocycles. The van der Waals surface area contributed by atoms with Crippen molar-refractivity contribution in [3.63, 3.8) is 0 Å². The van der Waals surface area contributed by atoms with Crippen molar-refractivity contribution < 1.29 is 13.9 Å². The Hall–Kier alpha value is -1.64. The summed E-state index contributed by atoms with van der Waals surface area (Å²) in [6, 6.07) is 6.19. The molecule has 0 aliphatic heterocycles. The number of urea groups is 1. The molecule has 1 aromatic carbocycles. The molecule has 2 N–H and O–H groups in total. The monoisotopic (exact) mass is 355 g/mol. The number of hydrogen-bond donors (Lipinski definition) is 2. The summed E-state index contributed by atoms with van der Waals surface area (Å²) >= 11 is 3.08. The van der Waals surface area contributed by atoms with Crippen LogP contribution in [0.25, 0.3) is 0 Å². The molecular weight excluding hydrogens is 337 g/mol. The second kappa shape index (κ2) is 9.49. The quantitative estimate of drug-likeness (QED) is 0.712. The molecule has 23 heavy (non-hydrogen) atoms. The van der Waals surface area contributed by atoms with Gasteiger partial charge in [0.05, 0.1) is 12.3 Å². The lowest BCUT2D eigenvalue weighted by Crippen LogP contribution is -2.31. The van der Waals surface area contributed by atoms with E-state index in [4.69, 9.17) is 4.74 Å². The third-order valence-electron chi connectivity index (χ3n) is 2.80. The first-order valence-corrected chi connectivity index (χ1v) is 9.01. The summed E-state index contributed by atoms with van der Waals surface area (Å²) in [5, 5.41) is 7.84. The zero-order valence-electron chi connectivity index (χ0n) is 12.7. The highest BCUT2D eigenvalue weighted by Gasteiger charge is 2.06. The zero-order valence-corrected chi connectivity index (χ0v) is 14.3. The number of nitrogens with one attached hydrogen (secondary N) is 2. The van der Waals surface area contributed by atoms with E-state index in [9.17, 15) is 9.18 Å². The predicted molar refractivity (Wildman–Crippen MR) is 92.4 cm³/mol. The Morgan fingerprint density at radius 1 is 1.35 bits per heavy atom. The number of carbonyl (C=O) groups is 1. The summed E-state index contributed by atoms with van der Waals surface area (Å²) in [4.78, 5) is 15.9. The minimum Gasteiger partial charge on any atom is -0.383 e. The molecule has 2 amide bonds. The van der Waals surface area contributed by atoms with E-state index in [1.165, 1.54) is 23.5 Å². The maximum atomic E-state index is 12.8. The number of halogens is 1. The maximum absolute atomic E-state index is 12.8. The zero-order chi connectivity index (χ0) is 16.5. The molecule has 124 valence electrons.